The minimum absolute atomic E-state index is 0.568. The van der Waals surface area contributed by atoms with Crippen molar-refractivity contribution in [3.63, 3.8) is 0 Å². The van der Waals surface area contributed by atoms with Gasteiger partial charge >= 0.3 is 5.97 Å². The number of carboxylic acid groups (broad SMARTS) is 1. The highest BCUT2D eigenvalue weighted by molar-refractivity contribution is 8.01. The molecule has 5 heteroatoms. The summed E-state index contributed by atoms with van der Waals surface area (Å²) >= 11 is 1.32. The lowest BCUT2D eigenvalue weighted by molar-refractivity contribution is -0.140. The van der Waals surface area contributed by atoms with Crippen molar-refractivity contribution < 1.29 is 9.90 Å². The third-order valence-electron chi connectivity index (χ3n) is 3.90. The second kappa shape index (κ2) is 5.48. The Balaban J connectivity index is 2.41. The summed E-state index contributed by atoms with van der Waals surface area (Å²) < 4.78 is -0.808. The fraction of sp³-hybridized carbons (Fsp3) is 0.467. The number of aryl methyl sites for hydroxylation is 2. The molecule has 1 aromatic carbocycles. The highest BCUT2D eigenvalue weighted by atomic mass is 32.2. The third-order valence-corrected chi connectivity index (χ3v) is 5.43. The van der Waals surface area contributed by atoms with Crippen molar-refractivity contribution in [3.05, 3.63) is 23.3 Å². The molecule has 0 bridgehead atoms. The number of fused-ring (bicyclic) bond motifs is 1. The van der Waals surface area contributed by atoms with Crippen molar-refractivity contribution in [2.45, 2.75) is 50.4 Å². The van der Waals surface area contributed by atoms with Gasteiger partial charge in [-0.3, -0.25) is 4.79 Å². The number of benzene rings is 1. The summed E-state index contributed by atoms with van der Waals surface area (Å²) in [5.41, 5.74) is 4.24. The van der Waals surface area contributed by atoms with Gasteiger partial charge in [-0.25, -0.2) is 4.98 Å². The van der Waals surface area contributed by atoms with Gasteiger partial charge in [-0.1, -0.05) is 25.6 Å². The van der Waals surface area contributed by atoms with Crippen LogP contribution in [0.25, 0.3) is 11.0 Å². The smallest absolute Gasteiger partial charge is 0.320 e. The molecule has 2 rings (SSSR count). The first-order valence-electron chi connectivity index (χ1n) is 6.81. The number of nitrogens with one attached hydrogen (secondary N) is 1. The molecule has 0 fully saturated rings. The van der Waals surface area contributed by atoms with E-state index in [9.17, 15) is 9.90 Å². The zero-order valence-corrected chi connectivity index (χ0v) is 13.1. The predicted molar refractivity (Wildman–Crippen MR) is 82.4 cm³/mol. The van der Waals surface area contributed by atoms with Crippen LogP contribution in [0.5, 0.6) is 0 Å². The second-order valence-corrected chi connectivity index (χ2v) is 6.48. The van der Waals surface area contributed by atoms with Crippen LogP contribution in [0.3, 0.4) is 0 Å². The molecule has 1 heterocycles. The summed E-state index contributed by atoms with van der Waals surface area (Å²) in [5.74, 6) is -0.777. The average molecular weight is 292 g/mol. The van der Waals surface area contributed by atoms with Crippen molar-refractivity contribution in [2.75, 3.05) is 0 Å². The number of thioether (sulfide) groups is 1. The van der Waals surface area contributed by atoms with E-state index in [1.54, 1.807) is 0 Å². The molecule has 1 aromatic heterocycles. The summed E-state index contributed by atoms with van der Waals surface area (Å²) in [6, 6.07) is 4.09. The number of imidazole rings is 1. The van der Waals surface area contributed by atoms with E-state index >= 15 is 0 Å². The number of nitrogens with zero attached hydrogens (tertiary/aromatic N) is 1. The molecule has 0 saturated heterocycles. The Morgan fingerprint density at radius 2 is 1.90 bits per heavy atom. The molecule has 0 spiro atoms. The van der Waals surface area contributed by atoms with Gasteiger partial charge in [-0.2, -0.15) is 0 Å². The van der Waals surface area contributed by atoms with E-state index in [0.717, 1.165) is 11.0 Å². The molecule has 0 atom stereocenters. The molecule has 20 heavy (non-hydrogen) atoms. The Kier molecular flexibility index (Phi) is 4.09. The molecule has 2 aromatic rings. The summed E-state index contributed by atoms with van der Waals surface area (Å²) in [4.78, 5) is 19.3. The van der Waals surface area contributed by atoms with Crippen LogP contribution in [0.4, 0.5) is 0 Å². The van der Waals surface area contributed by atoms with Crippen LogP contribution in [0, 0.1) is 13.8 Å². The minimum Gasteiger partial charge on any atom is -0.480 e. The van der Waals surface area contributed by atoms with Crippen molar-refractivity contribution >= 4 is 28.8 Å². The normalized spacial score (nSPS) is 12.0. The molecule has 0 amide bonds. The van der Waals surface area contributed by atoms with Gasteiger partial charge in [-0.15, -0.1) is 0 Å². The van der Waals surface area contributed by atoms with Crippen LogP contribution in [0.2, 0.25) is 0 Å². The first-order valence-corrected chi connectivity index (χ1v) is 7.63. The summed E-state index contributed by atoms with van der Waals surface area (Å²) in [6.45, 7) is 7.92. The van der Waals surface area contributed by atoms with E-state index in [4.69, 9.17) is 0 Å². The van der Waals surface area contributed by atoms with Gasteiger partial charge in [0.15, 0.2) is 5.16 Å². The van der Waals surface area contributed by atoms with Gasteiger partial charge in [-0.05, 0) is 49.9 Å². The van der Waals surface area contributed by atoms with Crippen molar-refractivity contribution in [1.29, 1.82) is 0 Å². The zero-order chi connectivity index (χ0) is 14.9. The molecular formula is C15H20N2O2S. The number of hydrogen-bond acceptors (Lipinski definition) is 3. The molecule has 0 aliphatic carbocycles. The summed E-state index contributed by atoms with van der Waals surface area (Å²) in [5, 5.41) is 10.2. The topological polar surface area (TPSA) is 66.0 Å². The number of aromatic amines is 1. The number of aliphatic carboxylic acids is 1. The Hall–Kier alpha value is -1.49. The van der Waals surface area contributed by atoms with Crippen LogP contribution < -0.4 is 0 Å². The van der Waals surface area contributed by atoms with E-state index < -0.39 is 10.7 Å². The van der Waals surface area contributed by atoms with Gasteiger partial charge in [0.2, 0.25) is 0 Å². The predicted octanol–water partition coefficient (Wildman–Crippen LogP) is 3.92. The van der Waals surface area contributed by atoms with E-state index in [1.165, 1.54) is 22.9 Å². The highest BCUT2D eigenvalue weighted by Crippen LogP contribution is 2.38. The van der Waals surface area contributed by atoms with Crippen LogP contribution in [-0.2, 0) is 4.79 Å². The van der Waals surface area contributed by atoms with E-state index in [2.05, 4.69) is 29.9 Å². The summed E-state index contributed by atoms with van der Waals surface area (Å²) in [7, 11) is 0. The molecule has 0 aliphatic heterocycles. The maximum Gasteiger partial charge on any atom is 0.320 e. The van der Waals surface area contributed by atoms with Crippen molar-refractivity contribution in [1.82, 2.24) is 9.97 Å². The standard InChI is InChI=1S/C15H20N2O2S/c1-5-15(6-2,13(18)19)20-14-16-11-7-9(3)10(4)8-12(11)17-14/h7-8H,5-6H2,1-4H3,(H,16,17)(H,18,19). The SMILES string of the molecule is CCC(CC)(Sc1nc2cc(C)c(C)cc2[nH]1)C(=O)O. The van der Waals surface area contributed by atoms with Crippen LogP contribution in [0.15, 0.2) is 17.3 Å². The average Bonchev–Trinajstić information content (AvgIpc) is 2.77. The Bertz CT molecular complexity index is 606. The van der Waals surface area contributed by atoms with Crippen molar-refractivity contribution in [2.24, 2.45) is 0 Å². The molecular weight excluding hydrogens is 272 g/mol. The Morgan fingerprint density at radius 1 is 1.30 bits per heavy atom. The molecule has 4 nitrogen and oxygen atoms in total. The van der Waals surface area contributed by atoms with E-state index in [0.29, 0.717) is 18.0 Å². The lowest BCUT2D eigenvalue weighted by Gasteiger charge is -2.24. The van der Waals surface area contributed by atoms with Gasteiger partial charge in [0.25, 0.3) is 0 Å². The van der Waals surface area contributed by atoms with Gasteiger partial charge in [0.1, 0.15) is 4.75 Å². The number of rotatable bonds is 5. The molecule has 0 aliphatic rings. The quantitative estimate of drug-likeness (QED) is 0.820. The number of H-pyrrole nitrogens is 1. The first-order chi connectivity index (χ1) is 9.41. The number of carbonyl (C=O) groups is 1. The maximum atomic E-state index is 11.5. The number of carboxylic acids is 1. The van der Waals surface area contributed by atoms with E-state index in [1.807, 2.05) is 19.9 Å². The van der Waals surface area contributed by atoms with Crippen LogP contribution >= 0.6 is 11.8 Å². The zero-order valence-electron chi connectivity index (χ0n) is 12.3. The Labute approximate surface area is 123 Å². The van der Waals surface area contributed by atoms with Crippen LogP contribution in [-0.4, -0.2) is 25.8 Å². The van der Waals surface area contributed by atoms with Crippen LogP contribution in [0.1, 0.15) is 37.8 Å². The fourth-order valence-electron chi connectivity index (χ4n) is 2.22. The third kappa shape index (κ3) is 2.54. The number of aromatic nitrogens is 2. The van der Waals surface area contributed by atoms with Crippen molar-refractivity contribution in [3.8, 4) is 0 Å². The molecule has 2 N–H and O–H groups in total. The number of hydrogen-bond donors (Lipinski definition) is 2. The van der Waals surface area contributed by atoms with Gasteiger partial charge in [0.05, 0.1) is 11.0 Å². The van der Waals surface area contributed by atoms with E-state index in [-0.39, 0.29) is 0 Å². The fourth-order valence-corrected chi connectivity index (χ4v) is 3.27. The molecule has 0 radical (unpaired) electrons. The lowest BCUT2D eigenvalue weighted by Crippen LogP contribution is -2.33. The van der Waals surface area contributed by atoms with Gasteiger partial charge in [0, 0.05) is 0 Å². The summed E-state index contributed by atoms with van der Waals surface area (Å²) in [6.07, 6.45) is 1.14. The highest BCUT2D eigenvalue weighted by Gasteiger charge is 2.37. The lowest BCUT2D eigenvalue weighted by atomic mass is 10.0. The minimum atomic E-state index is -0.808. The molecule has 0 unspecified atom stereocenters. The maximum absolute atomic E-state index is 11.5. The Morgan fingerprint density at radius 3 is 2.45 bits per heavy atom. The first kappa shape index (κ1) is 14.9. The molecule has 0 saturated carbocycles. The largest absolute Gasteiger partial charge is 0.480 e. The molecule has 108 valence electrons. The monoisotopic (exact) mass is 292 g/mol. The second-order valence-electron chi connectivity index (χ2n) is 5.10. The van der Waals surface area contributed by atoms with Gasteiger partial charge < -0.3 is 10.1 Å².